The second-order valence-corrected chi connectivity index (χ2v) is 12.3. The van der Waals surface area contributed by atoms with Gasteiger partial charge in [0, 0.05) is 74.7 Å². The summed E-state index contributed by atoms with van der Waals surface area (Å²) < 4.78 is 28.4. The number of likely N-dealkylation sites (tertiary alicyclic amines) is 1. The summed E-state index contributed by atoms with van der Waals surface area (Å²) in [5.41, 5.74) is 2.90. The fraction of sp³-hybridized carbons (Fsp3) is 0.600. The van der Waals surface area contributed by atoms with Gasteiger partial charge in [-0.25, -0.2) is 22.7 Å². The highest BCUT2D eigenvalue weighted by Crippen LogP contribution is 2.32. The van der Waals surface area contributed by atoms with Crippen molar-refractivity contribution in [2.45, 2.75) is 25.7 Å². The maximum atomic E-state index is 13.3. The standard InChI is InChI=1S/C25H35N7O2S/c33-35(34,32-11-3-4-20(18-32)17-29-9-1-2-10-29)19-30-12-14-31(15-13-30)23-6-8-26-22-16-28-25-21(24(22)23)5-7-27-25/h5-8,16,20,26H,1-4,9-15,17-19H2. The number of hydrogen-bond acceptors (Lipinski definition) is 7. The van der Waals surface area contributed by atoms with Crippen molar-refractivity contribution in [3.8, 4) is 0 Å². The van der Waals surface area contributed by atoms with Gasteiger partial charge >= 0.3 is 0 Å². The van der Waals surface area contributed by atoms with Gasteiger partial charge < -0.3 is 14.8 Å². The molecule has 0 spiro atoms. The Kier molecular flexibility index (Phi) is 6.38. The zero-order valence-corrected chi connectivity index (χ0v) is 21.1. The number of piperidine rings is 1. The molecule has 6 heterocycles. The van der Waals surface area contributed by atoms with Gasteiger partial charge in [0.15, 0.2) is 5.65 Å². The van der Waals surface area contributed by atoms with E-state index in [0.717, 1.165) is 73.2 Å². The molecule has 3 saturated heterocycles. The van der Waals surface area contributed by atoms with Crippen LogP contribution in [0.1, 0.15) is 25.7 Å². The van der Waals surface area contributed by atoms with Crippen molar-refractivity contribution in [3.63, 3.8) is 0 Å². The number of fused-ring (bicyclic) bond motifs is 3. The average Bonchev–Trinajstić information content (AvgIpc) is 3.56. The largest absolute Gasteiger partial charge is 0.368 e. The van der Waals surface area contributed by atoms with Gasteiger partial charge in [0.1, 0.15) is 5.88 Å². The van der Waals surface area contributed by atoms with Crippen LogP contribution in [0.15, 0.2) is 30.7 Å². The third kappa shape index (κ3) is 4.76. The summed E-state index contributed by atoms with van der Waals surface area (Å²) in [6.45, 7) is 7.81. The molecule has 3 aromatic rings. The lowest BCUT2D eigenvalue weighted by molar-refractivity contribution is 0.196. The molecule has 3 aliphatic rings. The van der Waals surface area contributed by atoms with Crippen LogP contribution < -0.4 is 4.90 Å². The van der Waals surface area contributed by atoms with Crippen LogP contribution in [0.2, 0.25) is 0 Å². The molecule has 9 nitrogen and oxygen atoms in total. The number of anilines is 1. The second-order valence-electron chi connectivity index (χ2n) is 10.3. The highest BCUT2D eigenvalue weighted by molar-refractivity contribution is 7.89. The van der Waals surface area contributed by atoms with Crippen molar-refractivity contribution in [1.29, 1.82) is 0 Å². The van der Waals surface area contributed by atoms with Crippen molar-refractivity contribution in [2.24, 2.45) is 5.92 Å². The number of H-pyrrole nitrogens is 1. The van der Waals surface area contributed by atoms with Crippen LogP contribution in [0, 0.1) is 5.92 Å². The number of pyridine rings is 2. The van der Waals surface area contributed by atoms with Crippen LogP contribution >= 0.6 is 0 Å². The SMILES string of the molecule is O=S(=O)(CN1CCN(c2cc[nH]c3cnc4nccc4c23)CC1)N1CCCC(CN2CCCC2)C1. The zero-order valence-electron chi connectivity index (χ0n) is 20.3. The first kappa shape index (κ1) is 23.1. The lowest BCUT2D eigenvalue weighted by atomic mass is 9.99. The molecule has 35 heavy (non-hydrogen) atoms. The smallest absolute Gasteiger partial charge is 0.227 e. The lowest BCUT2D eigenvalue weighted by Crippen LogP contribution is -2.51. The minimum absolute atomic E-state index is 0.127. The van der Waals surface area contributed by atoms with Crippen molar-refractivity contribution in [1.82, 2.24) is 29.1 Å². The summed E-state index contributed by atoms with van der Waals surface area (Å²) in [5.74, 6) is 0.593. The van der Waals surface area contributed by atoms with Gasteiger partial charge in [-0.1, -0.05) is 0 Å². The molecule has 0 aromatic carbocycles. The Hall–Kier alpha value is -2.27. The van der Waals surface area contributed by atoms with Crippen molar-refractivity contribution in [3.05, 3.63) is 30.7 Å². The van der Waals surface area contributed by atoms with Crippen LogP contribution in [-0.4, -0.2) is 102 Å². The van der Waals surface area contributed by atoms with E-state index in [2.05, 4.69) is 35.7 Å². The number of aromatic amines is 1. The summed E-state index contributed by atoms with van der Waals surface area (Å²) in [4.78, 5) is 19.1. The van der Waals surface area contributed by atoms with Gasteiger partial charge in [0.05, 0.1) is 11.7 Å². The Morgan fingerprint density at radius 1 is 0.943 bits per heavy atom. The van der Waals surface area contributed by atoms with E-state index in [1.54, 1.807) is 10.5 Å². The molecule has 0 amide bonds. The number of rotatable bonds is 6. The maximum absolute atomic E-state index is 13.3. The third-order valence-corrected chi connectivity index (χ3v) is 9.73. The summed E-state index contributed by atoms with van der Waals surface area (Å²) in [6, 6.07) is 4.12. The van der Waals surface area contributed by atoms with E-state index in [0.29, 0.717) is 19.0 Å². The average molecular weight is 498 g/mol. The highest BCUT2D eigenvalue weighted by Gasteiger charge is 2.32. The number of nitrogens with one attached hydrogen (secondary N) is 1. The summed E-state index contributed by atoms with van der Waals surface area (Å²) in [7, 11) is -3.29. The minimum atomic E-state index is -3.29. The van der Waals surface area contributed by atoms with Gasteiger partial charge in [-0.15, -0.1) is 0 Å². The molecular formula is C25H35N7O2S. The van der Waals surface area contributed by atoms with E-state index in [4.69, 9.17) is 0 Å². The Morgan fingerprint density at radius 3 is 2.60 bits per heavy atom. The molecule has 1 unspecified atom stereocenters. The van der Waals surface area contributed by atoms with E-state index < -0.39 is 10.0 Å². The fourth-order valence-corrected chi connectivity index (χ4v) is 7.82. The molecule has 188 valence electrons. The number of piperazine rings is 1. The van der Waals surface area contributed by atoms with E-state index in [-0.39, 0.29) is 5.88 Å². The molecule has 0 radical (unpaired) electrons. The summed E-state index contributed by atoms with van der Waals surface area (Å²) in [6.07, 6.45) is 10.3. The van der Waals surface area contributed by atoms with Gasteiger partial charge in [-0.2, -0.15) is 0 Å². The summed E-state index contributed by atoms with van der Waals surface area (Å²) >= 11 is 0. The second kappa shape index (κ2) is 9.65. The molecule has 0 aliphatic carbocycles. The predicted molar refractivity (Wildman–Crippen MR) is 139 cm³/mol. The van der Waals surface area contributed by atoms with Crippen molar-refractivity contribution in [2.75, 3.05) is 69.7 Å². The Labute approximate surface area is 207 Å². The molecule has 3 aromatic heterocycles. The summed E-state index contributed by atoms with van der Waals surface area (Å²) in [5, 5.41) is 2.18. The van der Waals surface area contributed by atoms with Crippen molar-refractivity contribution < 1.29 is 8.42 Å². The first-order chi connectivity index (χ1) is 17.1. The molecule has 3 fully saturated rings. The zero-order chi connectivity index (χ0) is 23.8. The normalized spacial score (nSPS) is 23.5. The first-order valence-electron chi connectivity index (χ1n) is 13.0. The van der Waals surface area contributed by atoms with E-state index in [1.165, 1.54) is 25.9 Å². The number of hydrogen-bond donors (Lipinski definition) is 1. The minimum Gasteiger partial charge on any atom is -0.368 e. The maximum Gasteiger partial charge on any atom is 0.227 e. The first-order valence-corrected chi connectivity index (χ1v) is 14.6. The van der Waals surface area contributed by atoms with E-state index in [1.807, 2.05) is 18.5 Å². The molecule has 10 heteroatoms. The number of sulfonamides is 1. The predicted octanol–water partition coefficient (Wildman–Crippen LogP) is 2.33. The molecule has 1 N–H and O–H groups in total. The van der Waals surface area contributed by atoms with Gasteiger partial charge in [-0.05, 0) is 56.8 Å². The van der Waals surface area contributed by atoms with Gasteiger partial charge in [0.25, 0.3) is 0 Å². The quantitative estimate of drug-likeness (QED) is 0.559. The van der Waals surface area contributed by atoms with Crippen LogP contribution in [0.25, 0.3) is 21.9 Å². The Bertz CT molecular complexity index is 1280. The molecule has 0 bridgehead atoms. The molecular weight excluding hydrogens is 462 g/mol. The van der Waals surface area contributed by atoms with E-state index >= 15 is 0 Å². The Morgan fingerprint density at radius 2 is 1.77 bits per heavy atom. The number of nitrogens with zero attached hydrogens (tertiary/aromatic N) is 6. The topological polar surface area (TPSA) is 88.7 Å². The van der Waals surface area contributed by atoms with Gasteiger partial charge in [0.2, 0.25) is 10.0 Å². The molecule has 0 saturated carbocycles. The highest BCUT2D eigenvalue weighted by atomic mass is 32.2. The Balaban J connectivity index is 1.10. The van der Waals surface area contributed by atoms with Crippen LogP contribution in [-0.2, 0) is 10.0 Å². The van der Waals surface area contributed by atoms with E-state index in [9.17, 15) is 8.42 Å². The lowest BCUT2D eigenvalue weighted by Gasteiger charge is -2.38. The molecule has 6 rings (SSSR count). The van der Waals surface area contributed by atoms with Crippen LogP contribution in [0.4, 0.5) is 5.69 Å². The van der Waals surface area contributed by atoms with Crippen LogP contribution in [0.3, 0.4) is 0 Å². The fourth-order valence-electron chi connectivity index (χ4n) is 6.09. The molecule has 1 atom stereocenters. The van der Waals surface area contributed by atoms with Gasteiger partial charge in [-0.3, -0.25) is 4.90 Å². The third-order valence-electron chi connectivity index (χ3n) is 7.92. The monoisotopic (exact) mass is 497 g/mol. The number of aromatic nitrogens is 3. The van der Waals surface area contributed by atoms with Crippen molar-refractivity contribution >= 4 is 37.6 Å². The van der Waals surface area contributed by atoms with Crippen LogP contribution in [0.5, 0.6) is 0 Å². The molecule has 3 aliphatic heterocycles.